The van der Waals surface area contributed by atoms with Crippen LogP contribution >= 0.6 is 0 Å². The Bertz CT molecular complexity index is 531. The van der Waals surface area contributed by atoms with Gasteiger partial charge in [0, 0.05) is 11.8 Å². The van der Waals surface area contributed by atoms with E-state index in [0.29, 0.717) is 17.6 Å². The Kier molecular flexibility index (Phi) is 2.02. The van der Waals surface area contributed by atoms with Crippen LogP contribution in [0.1, 0.15) is 0 Å². The molecule has 2 N–H and O–H groups in total. The summed E-state index contributed by atoms with van der Waals surface area (Å²) >= 11 is 0. The average molecular weight is 188 g/mol. The standard InChI is InChI=1S/C10H8N2O2/c13-6-11-8-3-1-7-2-4-10(14)12-9(7)5-8/h1-6H,(H,11,13)(H,12,14). The van der Waals surface area contributed by atoms with Crippen LogP contribution in [0.15, 0.2) is 35.1 Å². The Morgan fingerprint density at radius 2 is 2.00 bits per heavy atom. The molecule has 0 fully saturated rings. The Balaban J connectivity index is 2.63. The maximum Gasteiger partial charge on any atom is 0.248 e. The lowest BCUT2D eigenvalue weighted by Crippen LogP contribution is -2.02. The van der Waals surface area contributed by atoms with Gasteiger partial charge >= 0.3 is 0 Å². The summed E-state index contributed by atoms with van der Waals surface area (Å²) in [5.74, 6) is 0. The third-order valence-corrected chi connectivity index (χ3v) is 1.95. The summed E-state index contributed by atoms with van der Waals surface area (Å²) in [4.78, 5) is 23.9. The molecule has 4 nitrogen and oxygen atoms in total. The lowest BCUT2D eigenvalue weighted by molar-refractivity contribution is -0.105. The fraction of sp³-hybridized carbons (Fsp3) is 0. The number of amides is 1. The molecule has 0 bridgehead atoms. The highest BCUT2D eigenvalue weighted by Crippen LogP contribution is 2.14. The van der Waals surface area contributed by atoms with E-state index >= 15 is 0 Å². The highest BCUT2D eigenvalue weighted by Gasteiger charge is 1.95. The molecule has 0 saturated carbocycles. The first kappa shape index (κ1) is 8.50. The van der Waals surface area contributed by atoms with Gasteiger partial charge in [-0.1, -0.05) is 6.07 Å². The van der Waals surface area contributed by atoms with Crippen LogP contribution in [-0.2, 0) is 4.79 Å². The van der Waals surface area contributed by atoms with Gasteiger partial charge in [-0.2, -0.15) is 0 Å². The number of carbonyl (C=O) groups excluding carboxylic acids is 1. The number of aromatic nitrogens is 1. The smallest absolute Gasteiger partial charge is 0.248 e. The normalized spacial score (nSPS) is 10.0. The van der Waals surface area contributed by atoms with Gasteiger partial charge in [-0.25, -0.2) is 0 Å². The monoisotopic (exact) mass is 188 g/mol. The van der Waals surface area contributed by atoms with Crippen molar-refractivity contribution >= 4 is 23.0 Å². The second-order valence-corrected chi connectivity index (χ2v) is 2.89. The minimum atomic E-state index is -0.152. The molecule has 0 atom stereocenters. The van der Waals surface area contributed by atoms with Crippen molar-refractivity contribution in [3.05, 3.63) is 40.7 Å². The van der Waals surface area contributed by atoms with Gasteiger partial charge in [-0.3, -0.25) is 9.59 Å². The number of nitrogens with one attached hydrogen (secondary N) is 2. The van der Waals surface area contributed by atoms with Crippen LogP contribution < -0.4 is 10.9 Å². The minimum absolute atomic E-state index is 0.152. The van der Waals surface area contributed by atoms with E-state index < -0.39 is 0 Å². The second kappa shape index (κ2) is 3.33. The molecule has 70 valence electrons. The molecule has 0 aliphatic rings. The van der Waals surface area contributed by atoms with Crippen molar-refractivity contribution in [2.75, 3.05) is 5.32 Å². The van der Waals surface area contributed by atoms with Crippen molar-refractivity contribution < 1.29 is 4.79 Å². The zero-order valence-electron chi connectivity index (χ0n) is 7.28. The summed E-state index contributed by atoms with van der Waals surface area (Å²) < 4.78 is 0. The predicted octanol–water partition coefficient (Wildman–Crippen LogP) is 1.10. The number of benzene rings is 1. The van der Waals surface area contributed by atoms with Crippen LogP contribution in [0.25, 0.3) is 10.9 Å². The number of fused-ring (bicyclic) bond motifs is 1. The maximum atomic E-state index is 11.0. The Morgan fingerprint density at radius 1 is 1.21 bits per heavy atom. The average Bonchev–Trinajstić information content (AvgIpc) is 2.17. The van der Waals surface area contributed by atoms with E-state index in [9.17, 15) is 9.59 Å². The highest BCUT2D eigenvalue weighted by atomic mass is 16.1. The summed E-state index contributed by atoms with van der Waals surface area (Å²) in [7, 11) is 0. The van der Waals surface area contributed by atoms with Crippen molar-refractivity contribution in [3.8, 4) is 0 Å². The van der Waals surface area contributed by atoms with E-state index in [-0.39, 0.29) is 5.56 Å². The van der Waals surface area contributed by atoms with Crippen molar-refractivity contribution in [2.24, 2.45) is 0 Å². The summed E-state index contributed by atoms with van der Waals surface area (Å²) in [5.41, 5.74) is 1.22. The van der Waals surface area contributed by atoms with Gasteiger partial charge in [0.2, 0.25) is 12.0 Å². The molecule has 1 aromatic carbocycles. The largest absolute Gasteiger partial charge is 0.329 e. The van der Waals surface area contributed by atoms with Gasteiger partial charge < -0.3 is 10.3 Å². The maximum absolute atomic E-state index is 11.0. The number of anilines is 1. The van der Waals surface area contributed by atoms with Gasteiger partial charge in [0.25, 0.3) is 0 Å². The van der Waals surface area contributed by atoms with Crippen molar-refractivity contribution in [1.82, 2.24) is 4.98 Å². The first-order valence-corrected chi connectivity index (χ1v) is 4.13. The van der Waals surface area contributed by atoms with Gasteiger partial charge in [-0.05, 0) is 23.6 Å². The second-order valence-electron chi connectivity index (χ2n) is 2.89. The number of carbonyl (C=O) groups is 1. The molecule has 1 aromatic heterocycles. The molecule has 0 radical (unpaired) electrons. The Labute approximate surface area is 79.6 Å². The predicted molar refractivity (Wildman–Crippen MR) is 54.3 cm³/mol. The number of pyridine rings is 1. The first-order chi connectivity index (χ1) is 6.79. The van der Waals surface area contributed by atoms with E-state index in [1.165, 1.54) is 6.07 Å². The molecule has 4 heteroatoms. The molecule has 1 heterocycles. The molecular weight excluding hydrogens is 180 g/mol. The fourth-order valence-corrected chi connectivity index (χ4v) is 1.31. The molecule has 14 heavy (non-hydrogen) atoms. The lowest BCUT2D eigenvalue weighted by atomic mass is 10.2. The Hall–Kier alpha value is -2.10. The van der Waals surface area contributed by atoms with Gasteiger partial charge in [0.15, 0.2) is 0 Å². The fourth-order valence-electron chi connectivity index (χ4n) is 1.31. The minimum Gasteiger partial charge on any atom is -0.329 e. The third kappa shape index (κ3) is 1.50. The van der Waals surface area contributed by atoms with E-state index in [1.54, 1.807) is 18.2 Å². The van der Waals surface area contributed by atoms with E-state index in [2.05, 4.69) is 10.3 Å². The lowest BCUT2D eigenvalue weighted by Gasteiger charge is -2.00. The molecule has 0 aliphatic carbocycles. The third-order valence-electron chi connectivity index (χ3n) is 1.95. The van der Waals surface area contributed by atoms with Crippen molar-refractivity contribution in [1.29, 1.82) is 0 Å². The number of hydrogen-bond acceptors (Lipinski definition) is 2. The van der Waals surface area contributed by atoms with E-state index in [4.69, 9.17) is 0 Å². The first-order valence-electron chi connectivity index (χ1n) is 4.13. The van der Waals surface area contributed by atoms with Gasteiger partial charge in [0.05, 0.1) is 5.52 Å². The zero-order chi connectivity index (χ0) is 9.97. The van der Waals surface area contributed by atoms with E-state index in [1.807, 2.05) is 6.07 Å². The molecule has 0 saturated heterocycles. The molecule has 0 unspecified atom stereocenters. The van der Waals surface area contributed by atoms with Crippen LogP contribution in [0.2, 0.25) is 0 Å². The molecule has 0 spiro atoms. The quantitative estimate of drug-likeness (QED) is 0.693. The summed E-state index contributed by atoms with van der Waals surface area (Å²) in [6.07, 6.45) is 0.599. The molecule has 0 aliphatic heterocycles. The number of aromatic amines is 1. The zero-order valence-corrected chi connectivity index (χ0v) is 7.28. The van der Waals surface area contributed by atoms with Crippen LogP contribution in [0.5, 0.6) is 0 Å². The number of rotatable bonds is 2. The highest BCUT2D eigenvalue weighted by molar-refractivity contribution is 5.84. The van der Waals surface area contributed by atoms with Crippen LogP contribution in [0.4, 0.5) is 5.69 Å². The van der Waals surface area contributed by atoms with Crippen molar-refractivity contribution in [2.45, 2.75) is 0 Å². The summed E-state index contributed by atoms with van der Waals surface area (Å²) in [5, 5.41) is 3.45. The summed E-state index contributed by atoms with van der Waals surface area (Å²) in [6.45, 7) is 0. The SMILES string of the molecule is O=CNc1ccc2ccc(=O)[nH]c2c1. The summed E-state index contributed by atoms with van der Waals surface area (Å²) in [6, 6.07) is 8.52. The molecule has 2 aromatic rings. The topological polar surface area (TPSA) is 62.0 Å². The van der Waals surface area contributed by atoms with Gasteiger partial charge in [0.1, 0.15) is 0 Å². The van der Waals surface area contributed by atoms with E-state index in [0.717, 1.165) is 5.39 Å². The van der Waals surface area contributed by atoms with Crippen LogP contribution in [0.3, 0.4) is 0 Å². The molecule has 1 amide bonds. The molecular formula is C10H8N2O2. The van der Waals surface area contributed by atoms with Gasteiger partial charge in [-0.15, -0.1) is 0 Å². The number of hydrogen-bond donors (Lipinski definition) is 2. The number of H-pyrrole nitrogens is 1. The van der Waals surface area contributed by atoms with Crippen LogP contribution in [0, 0.1) is 0 Å². The molecule has 2 rings (SSSR count). The van der Waals surface area contributed by atoms with Crippen molar-refractivity contribution in [3.63, 3.8) is 0 Å². The van der Waals surface area contributed by atoms with Crippen LogP contribution in [-0.4, -0.2) is 11.4 Å². The Morgan fingerprint density at radius 3 is 2.79 bits per heavy atom.